The first-order valence-electron chi connectivity index (χ1n) is 10.1. The molecule has 1 aliphatic heterocycles. The normalized spacial score (nSPS) is 14.7. The number of anilines is 1. The summed E-state index contributed by atoms with van der Waals surface area (Å²) in [6.45, 7) is 1.08. The van der Waals surface area contributed by atoms with Crippen LogP contribution in [0.2, 0.25) is 0 Å². The molecule has 2 amide bonds. The van der Waals surface area contributed by atoms with Crippen molar-refractivity contribution in [2.45, 2.75) is 18.9 Å². The van der Waals surface area contributed by atoms with E-state index in [2.05, 4.69) is 5.32 Å². The number of nitrogens with one attached hydrogen (secondary N) is 1. The lowest BCUT2D eigenvalue weighted by Crippen LogP contribution is -2.36. The molecular formula is C23H29N3O4. The van der Waals surface area contributed by atoms with Crippen LogP contribution in [0.15, 0.2) is 48.5 Å². The Hall–Kier alpha value is -3.06. The molecule has 3 rings (SSSR count). The lowest BCUT2D eigenvalue weighted by Gasteiger charge is -2.25. The molecule has 1 fully saturated rings. The highest BCUT2D eigenvalue weighted by atomic mass is 16.5. The van der Waals surface area contributed by atoms with E-state index in [0.29, 0.717) is 18.7 Å². The van der Waals surface area contributed by atoms with Crippen LogP contribution in [0.3, 0.4) is 0 Å². The van der Waals surface area contributed by atoms with Crippen molar-refractivity contribution in [3.05, 3.63) is 54.1 Å². The maximum absolute atomic E-state index is 12.3. The van der Waals surface area contributed by atoms with Gasteiger partial charge >= 0.3 is 0 Å². The summed E-state index contributed by atoms with van der Waals surface area (Å²) in [5.41, 5.74) is 1.87. The van der Waals surface area contributed by atoms with E-state index in [4.69, 9.17) is 9.47 Å². The van der Waals surface area contributed by atoms with E-state index in [-0.39, 0.29) is 24.5 Å². The third kappa shape index (κ3) is 5.51. The third-order valence-corrected chi connectivity index (χ3v) is 5.17. The lowest BCUT2D eigenvalue weighted by atomic mass is 10.1. The fraction of sp³-hybridized carbons (Fsp3) is 0.391. The molecule has 1 atom stereocenters. The molecule has 160 valence electrons. The largest absolute Gasteiger partial charge is 0.497 e. The molecule has 1 N–H and O–H groups in total. The molecular weight excluding hydrogens is 382 g/mol. The zero-order chi connectivity index (χ0) is 21.5. The zero-order valence-corrected chi connectivity index (χ0v) is 17.8. The number of likely N-dealkylation sites (N-methyl/N-ethyl adjacent to an activating group) is 1. The average Bonchev–Trinajstić information content (AvgIpc) is 3.18. The maximum atomic E-state index is 12.3. The van der Waals surface area contributed by atoms with Crippen LogP contribution >= 0.6 is 0 Å². The van der Waals surface area contributed by atoms with Crippen LogP contribution in [-0.2, 0) is 9.59 Å². The number of amides is 2. The molecule has 0 saturated carbocycles. The third-order valence-electron chi connectivity index (χ3n) is 5.17. The van der Waals surface area contributed by atoms with Gasteiger partial charge in [-0.2, -0.15) is 0 Å². The van der Waals surface area contributed by atoms with E-state index in [1.807, 2.05) is 55.4 Å². The Bertz CT molecular complexity index is 884. The molecule has 7 heteroatoms. The molecule has 2 aromatic rings. The van der Waals surface area contributed by atoms with Crippen LogP contribution in [0.25, 0.3) is 0 Å². The molecule has 0 aromatic heterocycles. The number of ether oxygens (including phenoxy) is 2. The van der Waals surface area contributed by atoms with Gasteiger partial charge in [-0.1, -0.05) is 18.2 Å². The Labute approximate surface area is 177 Å². The molecule has 0 radical (unpaired) electrons. The van der Waals surface area contributed by atoms with Crippen molar-refractivity contribution >= 4 is 17.5 Å². The Morgan fingerprint density at radius 1 is 1.17 bits per heavy atom. The summed E-state index contributed by atoms with van der Waals surface area (Å²) in [5, 5.41) is 2.94. The van der Waals surface area contributed by atoms with Crippen molar-refractivity contribution in [1.29, 1.82) is 0 Å². The lowest BCUT2D eigenvalue weighted by molar-refractivity contribution is -0.123. The fourth-order valence-corrected chi connectivity index (χ4v) is 3.52. The molecule has 1 unspecified atom stereocenters. The van der Waals surface area contributed by atoms with Crippen LogP contribution in [0, 0.1) is 0 Å². The van der Waals surface area contributed by atoms with E-state index in [1.54, 1.807) is 24.1 Å². The Morgan fingerprint density at radius 3 is 2.63 bits per heavy atom. The number of hydrogen-bond donors (Lipinski definition) is 1. The molecule has 0 bridgehead atoms. The minimum atomic E-state index is -0.201. The smallest absolute Gasteiger partial charge is 0.258 e. The predicted molar refractivity (Wildman–Crippen MR) is 116 cm³/mol. The summed E-state index contributed by atoms with van der Waals surface area (Å²) < 4.78 is 11.0. The Kier molecular flexibility index (Phi) is 7.30. The summed E-state index contributed by atoms with van der Waals surface area (Å²) in [6.07, 6.45) is 1.44. The van der Waals surface area contributed by atoms with Crippen LogP contribution in [0.4, 0.5) is 5.69 Å². The average molecular weight is 412 g/mol. The fourth-order valence-electron chi connectivity index (χ4n) is 3.52. The highest BCUT2D eigenvalue weighted by molar-refractivity contribution is 5.95. The van der Waals surface area contributed by atoms with E-state index in [0.717, 1.165) is 30.0 Å². The first kappa shape index (κ1) is 21.6. The molecule has 1 aliphatic rings. The standard InChI is InChI=1S/C23H29N3O4/c1-25(2)21(17-7-4-9-19(13-17)29-3)15-24-22(27)16-30-20-10-5-8-18(14-20)26-12-6-11-23(26)28/h4-5,7-10,13-14,21H,6,11-12,15-16H2,1-3H3,(H,24,27). The molecule has 1 saturated heterocycles. The molecule has 30 heavy (non-hydrogen) atoms. The molecule has 2 aromatic carbocycles. The minimum Gasteiger partial charge on any atom is -0.497 e. The van der Waals surface area contributed by atoms with Crippen molar-refractivity contribution in [2.75, 3.05) is 45.8 Å². The predicted octanol–water partition coefficient (Wildman–Crippen LogP) is 2.62. The highest BCUT2D eigenvalue weighted by Crippen LogP contribution is 2.25. The quantitative estimate of drug-likeness (QED) is 0.687. The van der Waals surface area contributed by atoms with E-state index in [1.165, 1.54) is 0 Å². The molecule has 0 aliphatic carbocycles. The zero-order valence-electron chi connectivity index (χ0n) is 17.8. The van der Waals surface area contributed by atoms with Gasteiger partial charge < -0.3 is 24.6 Å². The Balaban J connectivity index is 1.54. The SMILES string of the molecule is COc1cccc(C(CNC(=O)COc2cccc(N3CCCC3=O)c2)N(C)C)c1. The van der Waals surface area contributed by atoms with Crippen LogP contribution < -0.4 is 19.7 Å². The number of benzene rings is 2. The van der Waals surface area contributed by atoms with Gasteiger partial charge in [0.1, 0.15) is 11.5 Å². The van der Waals surface area contributed by atoms with Crippen LogP contribution in [0.5, 0.6) is 11.5 Å². The van der Waals surface area contributed by atoms with Gasteiger partial charge in [-0.15, -0.1) is 0 Å². The topological polar surface area (TPSA) is 71.1 Å². The van der Waals surface area contributed by atoms with E-state index >= 15 is 0 Å². The number of hydrogen-bond acceptors (Lipinski definition) is 5. The van der Waals surface area contributed by atoms with Crippen LogP contribution in [0.1, 0.15) is 24.4 Å². The van der Waals surface area contributed by atoms with Crippen molar-refractivity contribution in [3.8, 4) is 11.5 Å². The van der Waals surface area contributed by atoms with Crippen molar-refractivity contribution < 1.29 is 19.1 Å². The monoisotopic (exact) mass is 411 g/mol. The van der Waals surface area contributed by atoms with Gasteiger partial charge in [0, 0.05) is 31.3 Å². The summed E-state index contributed by atoms with van der Waals surface area (Å²) in [5.74, 6) is 1.27. The van der Waals surface area contributed by atoms with Crippen molar-refractivity contribution in [1.82, 2.24) is 10.2 Å². The molecule has 7 nitrogen and oxygen atoms in total. The van der Waals surface area contributed by atoms with Gasteiger partial charge in [-0.25, -0.2) is 0 Å². The second kappa shape index (κ2) is 10.1. The number of carbonyl (C=O) groups is 2. The summed E-state index contributed by atoms with van der Waals surface area (Å²) in [7, 11) is 5.58. The van der Waals surface area contributed by atoms with Gasteiger partial charge in [-0.3, -0.25) is 9.59 Å². The molecule has 0 spiro atoms. The van der Waals surface area contributed by atoms with Gasteiger partial charge in [0.25, 0.3) is 5.91 Å². The van der Waals surface area contributed by atoms with Gasteiger partial charge in [0.15, 0.2) is 6.61 Å². The summed E-state index contributed by atoms with van der Waals surface area (Å²) in [4.78, 5) is 28.1. The first-order chi connectivity index (χ1) is 14.5. The van der Waals surface area contributed by atoms with Gasteiger partial charge in [-0.05, 0) is 50.3 Å². The summed E-state index contributed by atoms with van der Waals surface area (Å²) >= 11 is 0. The maximum Gasteiger partial charge on any atom is 0.258 e. The van der Waals surface area contributed by atoms with Gasteiger partial charge in [0.2, 0.25) is 5.91 Å². The summed E-state index contributed by atoms with van der Waals surface area (Å²) in [6, 6.07) is 15.1. The van der Waals surface area contributed by atoms with Crippen LogP contribution in [-0.4, -0.2) is 57.6 Å². The number of methoxy groups -OCH3 is 1. The number of nitrogens with zero attached hydrogens (tertiary/aromatic N) is 2. The number of rotatable bonds is 9. The van der Waals surface area contributed by atoms with Gasteiger partial charge in [0.05, 0.1) is 13.2 Å². The van der Waals surface area contributed by atoms with E-state index in [9.17, 15) is 9.59 Å². The highest BCUT2D eigenvalue weighted by Gasteiger charge is 2.22. The first-order valence-corrected chi connectivity index (χ1v) is 10.1. The number of carbonyl (C=O) groups excluding carboxylic acids is 2. The van der Waals surface area contributed by atoms with Crippen molar-refractivity contribution in [2.24, 2.45) is 0 Å². The Morgan fingerprint density at radius 2 is 1.93 bits per heavy atom. The second-order valence-corrected chi connectivity index (χ2v) is 7.50. The van der Waals surface area contributed by atoms with Crippen molar-refractivity contribution in [3.63, 3.8) is 0 Å². The minimum absolute atomic E-state index is 0.00792. The van der Waals surface area contributed by atoms with E-state index < -0.39 is 0 Å². The molecule has 1 heterocycles. The second-order valence-electron chi connectivity index (χ2n) is 7.50.